The quantitative estimate of drug-likeness (QED) is 0.581. The number of carbonyl (C=O) groups excluding carboxylic acids is 1. The summed E-state index contributed by atoms with van der Waals surface area (Å²) in [6, 6.07) is 0. The maximum absolute atomic E-state index is 11.2. The molecule has 0 bridgehead atoms. The van der Waals surface area contributed by atoms with Crippen LogP contribution in [0.5, 0.6) is 0 Å². The highest BCUT2D eigenvalue weighted by atomic mass is 32.1. The van der Waals surface area contributed by atoms with Crippen LogP contribution in [0.4, 0.5) is 0 Å². The molecule has 1 heterocycles. The van der Waals surface area contributed by atoms with E-state index in [9.17, 15) is 4.79 Å². The van der Waals surface area contributed by atoms with Crippen molar-refractivity contribution in [3.05, 3.63) is 0 Å². The summed E-state index contributed by atoms with van der Waals surface area (Å²) in [4.78, 5) is 13.1. The van der Waals surface area contributed by atoms with Crippen molar-refractivity contribution in [3.63, 3.8) is 0 Å². The molecule has 0 N–H and O–H groups in total. The highest BCUT2D eigenvalue weighted by Crippen LogP contribution is 2.04. The van der Waals surface area contributed by atoms with E-state index in [1.807, 2.05) is 16.1 Å². The van der Waals surface area contributed by atoms with E-state index >= 15 is 0 Å². The third kappa shape index (κ3) is 2.38. The summed E-state index contributed by atoms with van der Waals surface area (Å²) >= 11 is 4.20. The predicted octanol–water partition coefficient (Wildman–Crippen LogP) is 0.385. The van der Waals surface area contributed by atoms with Crippen LogP contribution in [0.3, 0.4) is 0 Å². The average molecular weight is 174 g/mol. The lowest BCUT2D eigenvalue weighted by molar-refractivity contribution is -0.131. The van der Waals surface area contributed by atoms with Crippen LogP contribution < -0.4 is 0 Å². The first-order valence-electron chi connectivity index (χ1n) is 3.95. The fourth-order valence-electron chi connectivity index (χ4n) is 1.17. The molecule has 0 aromatic carbocycles. The molecule has 1 fully saturated rings. The van der Waals surface area contributed by atoms with Gasteiger partial charge in [0.15, 0.2) is 0 Å². The minimum atomic E-state index is 0.256. The summed E-state index contributed by atoms with van der Waals surface area (Å²) < 4.78 is 1.94. The molecule has 0 aromatic heterocycles. The number of thiol groups is 1. The number of hydrogen-bond acceptors (Lipinski definition) is 3. The van der Waals surface area contributed by atoms with E-state index in [4.69, 9.17) is 0 Å². The van der Waals surface area contributed by atoms with Crippen molar-refractivity contribution in [1.29, 1.82) is 0 Å². The Morgan fingerprint density at radius 1 is 1.36 bits per heavy atom. The third-order valence-electron chi connectivity index (χ3n) is 1.91. The van der Waals surface area contributed by atoms with Crippen LogP contribution in [-0.2, 0) is 4.79 Å². The van der Waals surface area contributed by atoms with Gasteiger partial charge in [0.2, 0.25) is 5.91 Å². The Hall–Kier alpha value is -0.220. The first kappa shape index (κ1) is 8.87. The van der Waals surface area contributed by atoms with Gasteiger partial charge in [0.1, 0.15) is 0 Å². The van der Waals surface area contributed by atoms with Crippen LogP contribution in [0, 0.1) is 0 Å². The first-order valence-corrected chi connectivity index (χ1v) is 4.35. The Bertz CT molecular complexity index is 143. The molecule has 1 aliphatic heterocycles. The fourth-order valence-corrected chi connectivity index (χ4v) is 1.35. The van der Waals surface area contributed by atoms with Crippen LogP contribution in [0.2, 0.25) is 0 Å². The van der Waals surface area contributed by atoms with Crippen molar-refractivity contribution in [2.45, 2.75) is 13.3 Å². The zero-order valence-corrected chi connectivity index (χ0v) is 7.68. The predicted molar refractivity (Wildman–Crippen MR) is 47.4 cm³/mol. The topological polar surface area (TPSA) is 23.6 Å². The van der Waals surface area contributed by atoms with Gasteiger partial charge in [0, 0.05) is 32.6 Å². The third-order valence-corrected chi connectivity index (χ3v) is 2.31. The number of rotatable bonds is 1. The molecule has 11 heavy (non-hydrogen) atoms. The summed E-state index contributed by atoms with van der Waals surface area (Å²) in [5, 5.41) is 0. The molecule has 0 atom stereocenters. The summed E-state index contributed by atoms with van der Waals surface area (Å²) in [7, 11) is 0. The van der Waals surface area contributed by atoms with Crippen molar-refractivity contribution < 1.29 is 4.79 Å². The Morgan fingerprint density at radius 3 is 2.36 bits per heavy atom. The van der Waals surface area contributed by atoms with E-state index in [0.29, 0.717) is 6.42 Å². The molecule has 1 rings (SSSR count). The number of amides is 1. The lowest BCUT2D eigenvalue weighted by atomic mass is 10.3. The monoisotopic (exact) mass is 174 g/mol. The molecule has 64 valence electrons. The first-order chi connectivity index (χ1) is 5.24. The standard InChI is InChI=1S/C7H14N2OS/c1-2-7(10)8-3-5-9(11)6-4-8/h11H,2-6H2,1H3. The summed E-state index contributed by atoms with van der Waals surface area (Å²) in [5.74, 6) is 0.256. The van der Waals surface area contributed by atoms with Gasteiger partial charge in [-0.15, -0.1) is 0 Å². The number of nitrogens with zero attached hydrogens (tertiary/aromatic N) is 2. The number of piperazine rings is 1. The Labute approximate surface area is 72.9 Å². The Balaban J connectivity index is 2.33. The van der Waals surface area contributed by atoms with Crippen molar-refractivity contribution in [2.75, 3.05) is 26.2 Å². The Kier molecular flexibility index (Phi) is 3.20. The van der Waals surface area contributed by atoms with Gasteiger partial charge in [-0.2, -0.15) is 0 Å². The lowest BCUT2D eigenvalue weighted by Crippen LogP contribution is -2.45. The second-order valence-electron chi connectivity index (χ2n) is 2.69. The molecule has 0 aromatic rings. The van der Waals surface area contributed by atoms with Gasteiger partial charge in [-0.05, 0) is 0 Å². The number of carbonyl (C=O) groups is 1. The summed E-state index contributed by atoms with van der Waals surface area (Å²) in [6.07, 6.45) is 0.618. The van der Waals surface area contributed by atoms with Crippen molar-refractivity contribution >= 4 is 18.7 Å². The normalized spacial score (nSPS) is 20.4. The molecule has 0 radical (unpaired) electrons. The van der Waals surface area contributed by atoms with Gasteiger partial charge < -0.3 is 4.90 Å². The largest absolute Gasteiger partial charge is 0.340 e. The van der Waals surface area contributed by atoms with Gasteiger partial charge in [-0.3, -0.25) is 4.79 Å². The van der Waals surface area contributed by atoms with Crippen molar-refractivity contribution in [2.24, 2.45) is 0 Å². The van der Waals surface area contributed by atoms with E-state index in [2.05, 4.69) is 12.8 Å². The van der Waals surface area contributed by atoms with E-state index in [1.54, 1.807) is 0 Å². The van der Waals surface area contributed by atoms with Crippen LogP contribution in [0.1, 0.15) is 13.3 Å². The van der Waals surface area contributed by atoms with Gasteiger partial charge in [0.25, 0.3) is 0 Å². The molecule has 0 spiro atoms. The second kappa shape index (κ2) is 3.97. The van der Waals surface area contributed by atoms with Crippen LogP contribution in [0.15, 0.2) is 0 Å². The van der Waals surface area contributed by atoms with E-state index in [1.165, 1.54) is 0 Å². The molecule has 1 saturated heterocycles. The molecule has 0 aliphatic carbocycles. The summed E-state index contributed by atoms with van der Waals surface area (Å²) in [5.41, 5.74) is 0. The maximum atomic E-state index is 11.2. The van der Waals surface area contributed by atoms with Gasteiger partial charge >= 0.3 is 0 Å². The highest BCUT2D eigenvalue weighted by molar-refractivity contribution is 7.77. The zero-order chi connectivity index (χ0) is 8.27. The van der Waals surface area contributed by atoms with Gasteiger partial charge in [-0.1, -0.05) is 19.7 Å². The van der Waals surface area contributed by atoms with Crippen LogP contribution in [-0.4, -0.2) is 41.3 Å². The van der Waals surface area contributed by atoms with E-state index in [0.717, 1.165) is 26.2 Å². The minimum absolute atomic E-state index is 0.256. The van der Waals surface area contributed by atoms with Gasteiger partial charge in [-0.25, -0.2) is 4.31 Å². The zero-order valence-electron chi connectivity index (χ0n) is 6.79. The Morgan fingerprint density at radius 2 is 1.91 bits per heavy atom. The van der Waals surface area contributed by atoms with Gasteiger partial charge in [0.05, 0.1) is 0 Å². The molecule has 0 unspecified atom stereocenters. The summed E-state index contributed by atoms with van der Waals surface area (Å²) in [6.45, 7) is 5.32. The van der Waals surface area contributed by atoms with E-state index < -0.39 is 0 Å². The second-order valence-corrected chi connectivity index (χ2v) is 3.25. The molecule has 3 nitrogen and oxygen atoms in total. The lowest BCUT2D eigenvalue weighted by Gasteiger charge is -2.31. The molecule has 1 amide bonds. The fraction of sp³-hybridized carbons (Fsp3) is 0.857. The van der Waals surface area contributed by atoms with Crippen molar-refractivity contribution in [1.82, 2.24) is 9.21 Å². The smallest absolute Gasteiger partial charge is 0.222 e. The molecule has 1 aliphatic rings. The van der Waals surface area contributed by atoms with Crippen LogP contribution >= 0.6 is 12.8 Å². The SMILES string of the molecule is CCC(=O)N1CCN(S)CC1. The average Bonchev–Trinajstić information content (AvgIpc) is 2.05. The minimum Gasteiger partial charge on any atom is -0.340 e. The molecular weight excluding hydrogens is 160 g/mol. The molecular formula is C7H14N2OS. The van der Waals surface area contributed by atoms with Crippen molar-refractivity contribution in [3.8, 4) is 0 Å². The maximum Gasteiger partial charge on any atom is 0.222 e. The van der Waals surface area contributed by atoms with Crippen LogP contribution in [0.25, 0.3) is 0 Å². The molecule has 0 saturated carbocycles. The number of hydrogen-bond donors (Lipinski definition) is 1. The highest BCUT2D eigenvalue weighted by Gasteiger charge is 2.17. The molecule has 4 heteroatoms. The van der Waals surface area contributed by atoms with E-state index in [-0.39, 0.29) is 5.91 Å².